The number of aliphatic imine (C=N–C) groups is 1. The molecule has 5 nitrogen and oxygen atoms in total. The molecule has 1 heterocycles. The van der Waals surface area contributed by atoms with Crippen LogP contribution in [0.2, 0.25) is 5.02 Å². The third kappa shape index (κ3) is 9.96. The minimum atomic E-state index is 0. The lowest BCUT2D eigenvalue weighted by molar-refractivity contribution is 0.140. The van der Waals surface area contributed by atoms with Crippen molar-refractivity contribution < 1.29 is 0 Å². The molecule has 0 aromatic heterocycles. The Hall–Kier alpha value is -0.570. The van der Waals surface area contributed by atoms with Crippen molar-refractivity contribution in [2.75, 3.05) is 59.4 Å². The van der Waals surface area contributed by atoms with Gasteiger partial charge in [0.05, 0.1) is 0 Å². The van der Waals surface area contributed by atoms with Crippen LogP contribution in [-0.4, -0.2) is 75.2 Å². The fourth-order valence-electron chi connectivity index (χ4n) is 3.09. The predicted molar refractivity (Wildman–Crippen MR) is 128 cm³/mol. The number of piperazine rings is 1. The largest absolute Gasteiger partial charge is 0.357 e. The highest BCUT2D eigenvalue weighted by molar-refractivity contribution is 14.0. The Bertz CT molecular complexity index is 544. The van der Waals surface area contributed by atoms with E-state index in [0.717, 1.165) is 43.6 Å². The molecule has 0 bridgehead atoms. The van der Waals surface area contributed by atoms with E-state index in [0.29, 0.717) is 5.92 Å². The number of nitrogens with one attached hydrogen (secondary N) is 2. The van der Waals surface area contributed by atoms with Crippen LogP contribution in [-0.2, 0) is 6.42 Å². The summed E-state index contributed by atoms with van der Waals surface area (Å²) in [5, 5.41) is 7.56. The summed E-state index contributed by atoms with van der Waals surface area (Å²) >= 11 is 5.93. The highest BCUT2D eigenvalue weighted by Crippen LogP contribution is 2.09. The molecule has 7 heteroatoms. The summed E-state index contributed by atoms with van der Waals surface area (Å²) in [6.07, 6.45) is 0.957. The van der Waals surface area contributed by atoms with E-state index >= 15 is 0 Å². The highest BCUT2D eigenvalue weighted by Gasteiger charge is 2.15. The van der Waals surface area contributed by atoms with E-state index in [4.69, 9.17) is 16.6 Å². The van der Waals surface area contributed by atoms with Gasteiger partial charge in [0.2, 0.25) is 0 Å². The molecule has 0 amide bonds. The molecule has 154 valence electrons. The highest BCUT2D eigenvalue weighted by atomic mass is 127. The average molecular weight is 508 g/mol. The molecule has 1 aliphatic heterocycles. The van der Waals surface area contributed by atoms with Crippen molar-refractivity contribution in [3.63, 3.8) is 0 Å². The summed E-state index contributed by atoms with van der Waals surface area (Å²) in [5.41, 5.74) is 1.28. The van der Waals surface area contributed by atoms with Crippen molar-refractivity contribution in [2.24, 2.45) is 10.9 Å². The number of benzene rings is 1. The van der Waals surface area contributed by atoms with Crippen LogP contribution in [0, 0.1) is 5.92 Å². The van der Waals surface area contributed by atoms with Crippen molar-refractivity contribution in [3.8, 4) is 0 Å². The molecule has 27 heavy (non-hydrogen) atoms. The molecule has 1 unspecified atom stereocenters. The number of halogens is 2. The molecule has 2 N–H and O–H groups in total. The van der Waals surface area contributed by atoms with Crippen LogP contribution in [0.1, 0.15) is 19.4 Å². The van der Waals surface area contributed by atoms with Gasteiger partial charge in [-0.15, -0.1) is 24.0 Å². The van der Waals surface area contributed by atoms with Gasteiger partial charge in [-0.25, -0.2) is 0 Å². The zero-order valence-electron chi connectivity index (χ0n) is 16.9. The van der Waals surface area contributed by atoms with Crippen LogP contribution < -0.4 is 10.6 Å². The first-order valence-corrected chi connectivity index (χ1v) is 10.1. The van der Waals surface area contributed by atoms with Gasteiger partial charge in [0.1, 0.15) is 0 Å². The molecule has 1 aromatic rings. The Morgan fingerprint density at radius 2 is 1.81 bits per heavy atom. The molecule has 0 saturated carbocycles. The van der Waals surface area contributed by atoms with Gasteiger partial charge in [0, 0.05) is 57.4 Å². The predicted octanol–water partition coefficient (Wildman–Crippen LogP) is 2.94. The maximum absolute atomic E-state index is 5.93. The lowest BCUT2D eigenvalue weighted by atomic mass is 10.1. The van der Waals surface area contributed by atoms with Gasteiger partial charge in [-0.1, -0.05) is 30.7 Å². The SMILES string of the molecule is CCNC(=NCC(C)CN1CCN(C)CC1)NCCc1ccc(Cl)cc1.I. The number of rotatable bonds is 8. The van der Waals surface area contributed by atoms with Gasteiger partial charge in [-0.2, -0.15) is 0 Å². The maximum Gasteiger partial charge on any atom is 0.191 e. The minimum Gasteiger partial charge on any atom is -0.357 e. The summed E-state index contributed by atoms with van der Waals surface area (Å²) in [6.45, 7) is 12.8. The van der Waals surface area contributed by atoms with Crippen molar-refractivity contribution in [3.05, 3.63) is 34.9 Å². The van der Waals surface area contributed by atoms with Gasteiger partial charge < -0.3 is 20.4 Å². The third-order valence-corrected chi connectivity index (χ3v) is 4.94. The second kappa shape index (κ2) is 13.6. The van der Waals surface area contributed by atoms with Crippen molar-refractivity contribution in [1.29, 1.82) is 0 Å². The first-order chi connectivity index (χ1) is 12.6. The fourth-order valence-corrected chi connectivity index (χ4v) is 3.22. The maximum atomic E-state index is 5.93. The van der Waals surface area contributed by atoms with Gasteiger partial charge >= 0.3 is 0 Å². The van der Waals surface area contributed by atoms with E-state index in [1.807, 2.05) is 12.1 Å². The molecule has 0 aliphatic carbocycles. The van der Waals surface area contributed by atoms with E-state index in [1.165, 1.54) is 31.7 Å². The summed E-state index contributed by atoms with van der Waals surface area (Å²) in [7, 11) is 2.20. The van der Waals surface area contributed by atoms with E-state index in [1.54, 1.807) is 0 Å². The monoisotopic (exact) mass is 507 g/mol. The van der Waals surface area contributed by atoms with Crippen LogP contribution in [0.15, 0.2) is 29.3 Å². The molecular weight excluding hydrogens is 473 g/mol. The van der Waals surface area contributed by atoms with Crippen molar-refractivity contribution >= 4 is 41.5 Å². The standard InChI is InChI=1S/C20H34ClN5.HI/c1-4-22-20(23-10-9-18-5-7-19(21)8-6-18)24-15-17(2)16-26-13-11-25(3)12-14-26;/h5-8,17H,4,9-16H2,1-3H3,(H2,22,23,24);1H. The third-order valence-electron chi connectivity index (χ3n) is 4.69. The summed E-state index contributed by atoms with van der Waals surface area (Å²) < 4.78 is 0. The minimum absolute atomic E-state index is 0. The zero-order chi connectivity index (χ0) is 18.8. The van der Waals surface area contributed by atoms with Crippen LogP contribution in [0.25, 0.3) is 0 Å². The zero-order valence-corrected chi connectivity index (χ0v) is 20.0. The van der Waals surface area contributed by atoms with Crippen molar-refractivity contribution in [2.45, 2.75) is 20.3 Å². The van der Waals surface area contributed by atoms with Gasteiger partial charge in [-0.05, 0) is 44.0 Å². The van der Waals surface area contributed by atoms with Crippen LogP contribution in [0.4, 0.5) is 0 Å². The summed E-state index contributed by atoms with van der Waals surface area (Å²) in [5.74, 6) is 1.47. The van der Waals surface area contributed by atoms with E-state index in [-0.39, 0.29) is 24.0 Å². The molecule has 1 aliphatic rings. The Labute approximate surface area is 186 Å². The summed E-state index contributed by atoms with van der Waals surface area (Å²) in [6, 6.07) is 8.03. The molecule has 0 radical (unpaired) electrons. The number of hydrogen-bond donors (Lipinski definition) is 2. The number of nitrogens with zero attached hydrogens (tertiary/aromatic N) is 3. The van der Waals surface area contributed by atoms with E-state index < -0.39 is 0 Å². The smallest absolute Gasteiger partial charge is 0.191 e. The fraction of sp³-hybridized carbons (Fsp3) is 0.650. The quantitative estimate of drug-likeness (QED) is 0.323. The number of hydrogen-bond acceptors (Lipinski definition) is 3. The second-order valence-corrected chi connectivity index (χ2v) is 7.67. The Morgan fingerprint density at radius 1 is 1.15 bits per heavy atom. The molecule has 1 aromatic carbocycles. The van der Waals surface area contributed by atoms with Gasteiger partial charge in [0.15, 0.2) is 5.96 Å². The first-order valence-electron chi connectivity index (χ1n) is 9.74. The Balaban J connectivity index is 0.00000364. The summed E-state index contributed by atoms with van der Waals surface area (Å²) in [4.78, 5) is 9.73. The molecule has 1 atom stereocenters. The lowest BCUT2D eigenvalue weighted by Crippen LogP contribution is -2.46. The van der Waals surface area contributed by atoms with Crippen molar-refractivity contribution in [1.82, 2.24) is 20.4 Å². The number of guanidine groups is 1. The topological polar surface area (TPSA) is 42.9 Å². The second-order valence-electron chi connectivity index (χ2n) is 7.23. The van der Waals surface area contributed by atoms with Crippen LogP contribution >= 0.6 is 35.6 Å². The van der Waals surface area contributed by atoms with E-state index in [2.05, 4.69) is 53.5 Å². The van der Waals surface area contributed by atoms with Gasteiger partial charge in [0.25, 0.3) is 0 Å². The van der Waals surface area contributed by atoms with Crippen LogP contribution in [0.5, 0.6) is 0 Å². The molecule has 0 spiro atoms. The molecule has 1 saturated heterocycles. The average Bonchev–Trinajstić information content (AvgIpc) is 2.63. The Morgan fingerprint density at radius 3 is 2.44 bits per heavy atom. The van der Waals surface area contributed by atoms with Gasteiger partial charge in [-0.3, -0.25) is 4.99 Å². The first kappa shape index (κ1) is 24.5. The molecule has 2 rings (SSSR count). The lowest BCUT2D eigenvalue weighted by Gasteiger charge is -2.33. The molecular formula is C20H35ClIN5. The van der Waals surface area contributed by atoms with Crippen LogP contribution in [0.3, 0.4) is 0 Å². The Kier molecular flexibility index (Phi) is 12.3. The van der Waals surface area contributed by atoms with E-state index in [9.17, 15) is 0 Å². The normalized spacial score (nSPS) is 17.3. The molecule has 1 fully saturated rings. The number of likely N-dealkylation sites (N-methyl/N-ethyl adjacent to an activating group) is 1.